The van der Waals surface area contributed by atoms with E-state index in [1.54, 1.807) is 6.07 Å². The van der Waals surface area contributed by atoms with Gasteiger partial charge in [0, 0.05) is 31.9 Å². The fourth-order valence-corrected chi connectivity index (χ4v) is 2.39. The van der Waals surface area contributed by atoms with E-state index in [-0.39, 0.29) is 17.6 Å². The molecule has 0 amide bonds. The summed E-state index contributed by atoms with van der Waals surface area (Å²) in [6.07, 6.45) is 0. The van der Waals surface area contributed by atoms with Gasteiger partial charge < -0.3 is 27.0 Å². The van der Waals surface area contributed by atoms with Crippen molar-refractivity contribution in [3.63, 3.8) is 0 Å². The number of halogens is 1. The molecule has 0 spiro atoms. The molecule has 7 nitrogen and oxygen atoms in total. The van der Waals surface area contributed by atoms with E-state index in [1.807, 2.05) is 6.07 Å². The lowest BCUT2D eigenvalue weighted by atomic mass is 10.2. The SMILES string of the molecule is CCN1CCN(c2ccc(N=C(N)N=C(N)N)c(F)c2)CC1. The van der Waals surface area contributed by atoms with Gasteiger partial charge in [0.25, 0.3) is 0 Å². The van der Waals surface area contributed by atoms with Crippen molar-refractivity contribution in [1.82, 2.24) is 4.90 Å². The van der Waals surface area contributed by atoms with Crippen LogP contribution in [-0.2, 0) is 0 Å². The third-order valence-electron chi connectivity index (χ3n) is 3.59. The van der Waals surface area contributed by atoms with E-state index in [0.717, 1.165) is 38.4 Å². The Labute approximate surface area is 129 Å². The summed E-state index contributed by atoms with van der Waals surface area (Å²) in [6.45, 7) is 6.91. The number of likely N-dealkylation sites (N-methyl/N-ethyl adjacent to an activating group) is 1. The van der Waals surface area contributed by atoms with Gasteiger partial charge in [0.05, 0.1) is 0 Å². The number of benzene rings is 1. The number of guanidine groups is 2. The van der Waals surface area contributed by atoms with E-state index in [4.69, 9.17) is 17.2 Å². The largest absolute Gasteiger partial charge is 0.370 e. The lowest BCUT2D eigenvalue weighted by molar-refractivity contribution is 0.271. The molecule has 22 heavy (non-hydrogen) atoms. The minimum Gasteiger partial charge on any atom is -0.370 e. The molecule has 1 aliphatic heterocycles. The molecule has 0 saturated carbocycles. The Morgan fingerprint density at radius 2 is 1.86 bits per heavy atom. The fourth-order valence-electron chi connectivity index (χ4n) is 2.39. The summed E-state index contributed by atoms with van der Waals surface area (Å²) in [5, 5.41) is 0. The average molecular weight is 307 g/mol. The summed E-state index contributed by atoms with van der Waals surface area (Å²) >= 11 is 0. The molecular formula is C14H22FN7. The van der Waals surface area contributed by atoms with E-state index in [2.05, 4.69) is 26.7 Å². The quantitative estimate of drug-likeness (QED) is 0.545. The van der Waals surface area contributed by atoms with Gasteiger partial charge in [-0.15, -0.1) is 0 Å². The predicted molar refractivity (Wildman–Crippen MR) is 87.8 cm³/mol. The van der Waals surface area contributed by atoms with Gasteiger partial charge in [-0.1, -0.05) is 6.92 Å². The monoisotopic (exact) mass is 307 g/mol. The first-order chi connectivity index (χ1) is 10.5. The maximum absolute atomic E-state index is 14.1. The van der Waals surface area contributed by atoms with Crippen LogP contribution in [0.2, 0.25) is 0 Å². The van der Waals surface area contributed by atoms with Gasteiger partial charge in [-0.05, 0) is 24.7 Å². The van der Waals surface area contributed by atoms with Gasteiger partial charge in [0.15, 0.2) is 11.8 Å². The van der Waals surface area contributed by atoms with Crippen molar-refractivity contribution in [2.75, 3.05) is 37.6 Å². The van der Waals surface area contributed by atoms with Crippen LogP contribution in [0.15, 0.2) is 28.2 Å². The van der Waals surface area contributed by atoms with E-state index in [9.17, 15) is 4.39 Å². The van der Waals surface area contributed by atoms with Gasteiger partial charge in [-0.25, -0.2) is 9.38 Å². The molecule has 120 valence electrons. The van der Waals surface area contributed by atoms with Gasteiger partial charge in [0.2, 0.25) is 5.96 Å². The minimum atomic E-state index is -0.454. The molecule has 2 rings (SSSR count). The van der Waals surface area contributed by atoms with Gasteiger partial charge in [-0.3, -0.25) is 0 Å². The Morgan fingerprint density at radius 3 is 2.41 bits per heavy atom. The molecule has 1 heterocycles. The van der Waals surface area contributed by atoms with Crippen molar-refractivity contribution in [3.05, 3.63) is 24.0 Å². The van der Waals surface area contributed by atoms with Crippen LogP contribution < -0.4 is 22.1 Å². The van der Waals surface area contributed by atoms with Crippen LogP contribution in [0.5, 0.6) is 0 Å². The van der Waals surface area contributed by atoms with Crippen LogP contribution in [0, 0.1) is 5.82 Å². The zero-order chi connectivity index (χ0) is 16.1. The summed E-state index contributed by atoms with van der Waals surface area (Å²) in [5.74, 6) is -0.848. The van der Waals surface area contributed by atoms with Crippen molar-refractivity contribution < 1.29 is 4.39 Å². The molecule has 0 bridgehead atoms. The molecule has 1 saturated heterocycles. The number of hydrogen-bond acceptors (Lipinski definition) is 3. The molecule has 0 atom stereocenters. The van der Waals surface area contributed by atoms with Crippen LogP contribution in [-0.4, -0.2) is 49.5 Å². The third-order valence-corrected chi connectivity index (χ3v) is 3.59. The van der Waals surface area contributed by atoms with E-state index in [0.29, 0.717) is 0 Å². The van der Waals surface area contributed by atoms with Crippen molar-refractivity contribution >= 4 is 23.3 Å². The molecule has 1 aliphatic rings. The summed E-state index contributed by atoms with van der Waals surface area (Å²) in [7, 11) is 0. The highest BCUT2D eigenvalue weighted by Crippen LogP contribution is 2.25. The summed E-state index contributed by atoms with van der Waals surface area (Å²) in [6, 6.07) is 4.86. The number of anilines is 1. The smallest absolute Gasteiger partial charge is 0.223 e. The van der Waals surface area contributed by atoms with Crippen molar-refractivity contribution in [2.45, 2.75) is 6.92 Å². The molecule has 6 N–H and O–H groups in total. The second-order valence-electron chi connectivity index (χ2n) is 5.06. The van der Waals surface area contributed by atoms with Crippen molar-refractivity contribution in [2.24, 2.45) is 27.2 Å². The highest BCUT2D eigenvalue weighted by atomic mass is 19.1. The van der Waals surface area contributed by atoms with E-state index < -0.39 is 5.82 Å². The normalized spacial score (nSPS) is 16.6. The number of piperazine rings is 1. The Hall–Kier alpha value is -2.35. The molecule has 0 aliphatic carbocycles. The van der Waals surface area contributed by atoms with E-state index in [1.165, 1.54) is 6.07 Å². The second-order valence-corrected chi connectivity index (χ2v) is 5.06. The topological polar surface area (TPSA) is 109 Å². The minimum absolute atomic E-state index is 0.110. The Bertz CT molecular complexity index is 573. The molecule has 1 fully saturated rings. The van der Waals surface area contributed by atoms with Crippen LogP contribution in [0.25, 0.3) is 0 Å². The maximum Gasteiger partial charge on any atom is 0.223 e. The first-order valence-electron chi connectivity index (χ1n) is 7.20. The third kappa shape index (κ3) is 4.08. The summed E-state index contributed by atoms with van der Waals surface area (Å²) in [4.78, 5) is 11.9. The fraction of sp³-hybridized carbons (Fsp3) is 0.429. The van der Waals surface area contributed by atoms with Gasteiger partial charge in [0.1, 0.15) is 5.69 Å². The van der Waals surface area contributed by atoms with Crippen molar-refractivity contribution in [3.8, 4) is 0 Å². The number of hydrogen-bond donors (Lipinski definition) is 3. The summed E-state index contributed by atoms with van der Waals surface area (Å²) < 4.78 is 14.1. The first kappa shape index (κ1) is 16.0. The molecular weight excluding hydrogens is 285 g/mol. The standard InChI is InChI=1S/C14H22FN7/c1-2-21-5-7-22(8-6-21)10-3-4-12(11(15)9-10)19-14(18)20-13(16)17/h3-4,9H,2,5-8H2,1H3,(H6,16,17,18,19,20). The molecule has 1 aromatic rings. The molecule has 0 radical (unpaired) electrons. The average Bonchev–Trinajstić information content (AvgIpc) is 2.48. The Morgan fingerprint density at radius 1 is 1.18 bits per heavy atom. The molecule has 0 aromatic heterocycles. The molecule has 0 unspecified atom stereocenters. The maximum atomic E-state index is 14.1. The van der Waals surface area contributed by atoms with Crippen LogP contribution in [0.1, 0.15) is 6.92 Å². The number of nitrogens with zero attached hydrogens (tertiary/aromatic N) is 4. The first-order valence-corrected chi connectivity index (χ1v) is 7.20. The van der Waals surface area contributed by atoms with Crippen LogP contribution in [0.3, 0.4) is 0 Å². The Balaban J connectivity index is 2.12. The Kier molecular flexibility index (Phi) is 5.16. The highest BCUT2D eigenvalue weighted by Gasteiger charge is 2.16. The van der Waals surface area contributed by atoms with Crippen LogP contribution >= 0.6 is 0 Å². The van der Waals surface area contributed by atoms with Gasteiger partial charge >= 0.3 is 0 Å². The number of nitrogens with two attached hydrogens (primary N) is 3. The molecule has 1 aromatic carbocycles. The second kappa shape index (κ2) is 7.08. The van der Waals surface area contributed by atoms with Gasteiger partial charge in [-0.2, -0.15) is 4.99 Å². The van der Waals surface area contributed by atoms with Crippen molar-refractivity contribution in [1.29, 1.82) is 0 Å². The lowest BCUT2D eigenvalue weighted by Crippen LogP contribution is -2.46. The highest BCUT2D eigenvalue weighted by molar-refractivity contribution is 5.93. The zero-order valence-electron chi connectivity index (χ0n) is 12.7. The lowest BCUT2D eigenvalue weighted by Gasteiger charge is -2.35. The number of rotatable bonds is 3. The molecule has 8 heteroatoms. The zero-order valence-corrected chi connectivity index (χ0v) is 12.7. The summed E-state index contributed by atoms with van der Waals surface area (Å²) in [5.41, 5.74) is 16.8. The van der Waals surface area contributed by atoms with E-state index >= 15 is 0 Å². The predicted octanol–water partition coefficient (Wildman–Crippen LogP) is 0.187. The number of aliphatic imine (C=N–C) groups is 2. The van der Waals surface area contributed by atoms with Crippen LogP contribution in [0.4, 0.5) is 15.8 Å².